The Balaban J connectivity index is 2.88. The third-order valence-electron chi connectivity index (χ3n) is 2.76. The van der Waals surface area contributed by atoms with Crippen molar-refractivity contribution in [2.45, 2.75) is 18.7 Å². The first kappa shape index (κ1) is 17.7. The molecule has 114 valence electrons. The van der Waals surface area contributed by atoms with Crippen molar-refractivity contribution in [3.05, 3.63) is 28.2 Å². The van der Waals surface area contributed by atoms with Gasteiger partial charge in [0.2, 0.25) is 10.0 Å². The van der Waals surface area contributed by atoms with Crippen LogP contribution < -0.4 is 9.62 Å². The summed E-state index contributed by atoms with van der Waals surface area (Å²) in [5.41, 5.74) is -0.156. The Morgan fingerprint density at radius 2 is 1.85 bits per heavy atom. The second-order valence-electron chi connectivity index (χ2n) is 5.95. The fourth-order valence-electron chi connectivity index (χ4n) is 2.07. The van der Waals surface area contributed by atoms with Crippen LogP contribution in [0.4, 0.5) is 0 Å². The molecule has 0 spiro atoms. The van der Waals surface area contributed by atoms with Gasteiger partial charge in [-0.25, -0.2) is 13.1 Å². The summed E-state index contributed by atoms with van der Waals surface area (Å²) in [6.07, 6.45) is 0. The van der Waals surface area contributed by atoms with Gasteiger partial charge in [-0.3, -0.25) is 0 Å². The zero-order valence-corrected chi connectivity index (χ0v) is 14.5. The maximum absolute atomic E-state index is 12.3. The van der Waals surface area contributed by atoms with Gasteiger partial charge in [0.1, 0.15) is 4.90 Å². The van der Waals surface area contributed by atoms with Crippen molar-refractivity contribution in [3.63, 3.8) is 0 Å². The Kier molecular flexibility index (Phi) is 5.87. The number of hydrogen-bond acceptors (Lipinski definition) is 2. The van der Waals surface area contributed by atoms with Gasteiger partial charge < -0.3 is 4.90 Å². The van der Waals surface area contributed by atoms with Crippen molar-refractivity contribution in [1.29, 1.82) is 0 Å². The molecule has 0 aromatic heterocycles. The molecule has 0 amide bonds. The molecular weight excluding hydrogens is 319 g/mol. The first-order valence-electron chi connectivity index (χ1n) is 6.27. The molecule has 0 fully saturated rings. The Morgan fingerprint density at radius 3 is 2.40 bits per heavy atom. The van der Waals surface area contributed by atoms with Crippen molar-refractivity contribution >= 4 is 33.2 Å². The number of nitrogens with one attached hydrogen (secondary N) is 2. The SMILES string of the molecule is C[NH+](C)CC(C)(C)CNS(=O)(=O)c1cc(Cl)ccc1Cl. The second kappa shape index (κ2) is 6.62. The summed E-state index contributed by atoms with van der Waals surface area (Å²) in [5.74, 6) is 0. The third-order valence-corrected chi connectivity index (χ3v) is 4.87. The van der Waals surface area contributed by atoms with E-state index in [-0.39, 0.29) is 15.3 Å². The minimum absolute atomic E-state index is 0.0136. The molecule has 0 unspecified atom stereocenters. The Hall–Kier alpha value is -0.330. The lowest BCUT2D eigenvalue weighted by atomic mass is 9.93. The summed E-state index contributed by atoms with van der Waals surface area (Å²) in [7, 11) is 0.406. The van der Waals surface area contributed by atoms with Crippen LogP contribution in [-0.4, -0.2) is 35.6 Å². The van der Waals surface area contributed by atoms with Gasteiger partial charge >= 0.3 is 0 Å². The van der Waals surface area contributed by atoms with Crippen LogP contribution >= 0.6 is 23.2 Å². The maximum atomic E-state index is 12.3. The Morgan fingerprint density at radius 1 is 1.25 bits per heavy atom. The number of quaternary nitrogens is 1. The summed E-state index contributed by atoms with van der Waals surface area (Å²) in [6, 6.07) is 4.40. The van der Waals surface area contributed by atoms with Gasteiger partial charge in [0, 0.05) is 17.0 Å². The molecule has 4 nitrogen and oxygen atoms in total. The average molecular weight is 340 g/mol. The van der Waals surface area contributed by atoms with Crippen molar-refractivity contribution < 1.29 is 13.3 Å². The van der Waals surface area contributed by atoms with Crippen molar-refractivity contribution in [1.82, 2.24) is 4.72 Å². The minimum Gasteiger partial charge on any atom is -0.339 e. The van der Waals surface area contributed by atoms with Crippen molar-refractivity contribution in [2.24, 2.45) is 5.41 Å². The van der Waals surface area contributed by atoms with Gasteiger partial charge in [0.15, 0.2) is 0 Å². The topological polar surface area (TPSA) is 50.6 Å². The molecule has 0 aliphatic carbocycles. The smallest absolute Gasteiger partial charge is 0.242 e. The van der Waals surface area contributed by atoms with Crippen LogP contribution in [0.25, 0.3) is 0 Å². The van der Waals surface area contributed by atoms with Gasteiger partial charge in [0.25, 0.3) is 0 Å². The lowest BCUT2D eigenvalue weighted by Crippen LogP contribution is -3.07. The van der Waals surface area contributed by atoms with Crippen LogP contribution in [-0.2, 0) is 10.0 Å². The van der Waals surface area contributed by atoms with Gasteiger partial charge in [0.05, 0.1) is 25.7 Å². The van der Waals surface area contributed by atoms with Gasteiger partial charge in [-0.2, -0.15) is 0 Å². The van der Waals surface area contributed by atoms with E-state index in [9.17, 15) is 8.42 Å². The van der Waals surface area contributed by atoms with E-state index in [1.807, 2.05) is 27.9 Å². The van der Waals surface area contributed by atoms with Crippen LogP contribution in [0.2, 0.25) is 10.0 Å². The molecule has 0 bridgehead atoms. The molecule has 0 saturated carbocycles. The van der Waals surface area contributed by atoms with Crippen molar-refractivity contribution in [3.8, 4) is 0 Å². The summed E-state index contributed by atoms with van der Waals surface area (Å²) in [4.78, 5) is 1.27. The molecule has 7 heteroatoms. The number of halogens is 2. The zero-order chi connectivity index (χ0) is 15.6. The van der Waals surface area contributed by atoms with Gasteiger partial charge in [-0.15, -0.1) is 0 Å². The van der Waals surface area contributed by atoms with Crippen LogP contribution in [0, 0.1) is 5.41 Å². The molecule has 0 atom stereocenters. The van der Waals surface area contributed by atoms with E-state index >= 15 is 0 Å². The van der Waals surface area contributed by atoms with Crippen molar-refractivity contribution in [2.75, 3.05) is 27.2 Å². The highest BCUT2D eigenvalue weighted by Crippen LogP contribution is 2.25. The Bertz CT molecular complexity index is 572. The predicted molar refractivity (Wildman–Crippen MR) is 83.1 cm³/mol. The zero-order valence-electron chi connectivity index (χ0n) is 12.1. The van der Waals surface area contributed by atoms with E-state index in [2.05, 4.69) is 4.72 Å². The molecule has 20 heavy (non-hydrogen) atoms. The second-order valence-corrected chi connectivity index (χ2v) is 8.53. The molecule has 1 rings (SSSR count). The van der Waals surface area contributed by atoms with Crippen LogP contribution in [0.1, 0.15) is 13.8 Å². The van der Waals surface area contributed by atoms with E-state index < -0.39 is 10.0 Å². The first-order chi connectivity index (χ1) is 9.03. The molecule has 1 aromatic carbocycles. The van der Waals surface area contributed by atoms with E-state index in [0.717, 1.165) is 6.54 Å². The monoisotopic (exact) mass is 339 g/mol. The molecule has 0 radical (unpaired) electrons. The average Bonchev–Trinajstić information content (AvgIpc) is 2.28. The molecule has 0 saturated heterocycles. The quantitative estimate of drug-likeness (QED) is 0.823. The number of sulfonamides is 1. The van der Waals surface area contributed by atoms with Crippen LogP contribution in [0.15, 0.2) is 23.1 Å². The Labute approximate surface area is 131 Å². The molecule has 0 aliphatic rings. The molecular formula is C13H21Cl2N2O2S+. The largest absolute Gasteiger partial charge is 0.339 e. The summed E-state index contributed by atoms with van der Waals surface area (Å²) >= 11 is 11.8. The summed E-state index contributed by atoms with van der Waals surface area (Å²) in [5, 5.41) is 0.504. The van der Waals surface area contributed by atoms with E-state index in [1.54, 1.807) is 6.07 Å². The molecule has 0 heterocycles. The number of rotatable bonds is 6. The van der Waals surface area contributed by atoms with E-state index in [1.165, 1.54) is 17.0 Å². The molecule has 0 aliphatic heterocycles. The third kappa shape index (κ3) is 5.22. The lowest BCUT2D eigenvalue weighted by Gasteiger charge is -2.26. The summed E-state index contributed by atoms with van der Waals surface area (Å²) < 4.78 is 27.2. The maximum Gasteiger partial charge on any atom is 0.242 e. The lowest BCUT2D eigenvalue weighted by molar-refractivity contribution is -0.865. The predicted octanol–water partition coefficient (Wildman–Crippen LogP) is 1.44. The minimum atomic E-state index is -3.66. The molecule has 1 aromatic rings. The standard InChI is InChI=1S/C13H20Cl2N2O2S/c1-13(2,9-17(3)4)8-16-20(18,19)12-7-10(14)5-6-11(12)15/h5-7,16H,8-9H2,1-4H3/p+1. The van der Waals surface area contributed by atoms with E-state index in [0.29, 0.717) is 11.6 Å². The van der Waals surface area contributed by atoms with Crippen LogP contribution in [0.3, 0.4) is 0 Å². The molecule has 2 N–H and O–H groups in total. The van der Waals surface area contributed by atoms with Gasteiger partial charge in [-0.1, -0.05) is 37.0 Å². The first-order valence-corrected chi connectivity index (χ1v) is 8.51. The number of benzene rings is 1. The highest BCUT2D eigenvalue weighted by molar-refractivity contribution is 7.89. The number of hydrogen-bond donors (Lipinski definition) is 2. The normalized spacial score (nSPS) is 12.9. The fourth-order valence-corrected chi connectivity index (χ4v) is 4.07. The highest BCUT2D eigenvalue weighted by Gasteiger charge is 2.26. The fraction of sp³-hybridized carbons (Fsp3) is 0.538. The highest BCUT2D eigenvalue weighted by atomic mass is 35.5. The van der Waals surface area contributed by atoms with Gasteiger partial charge in [-0.05, 0) is 18.2 Å². The van der Waals surface area contributed by atoms with Crippen LogP contribution in [0.5, 0.6) is 0 Å². The summed E-state index contributed by atoms with van der Waals surface area (Å²) in [6.45, 7) is 5.21. The van der Waals surface area contributed by atoms with E-state index in [4.69, 9.17) is 23.2 Å².